The number of rotatable bonds is 6. The zero-order chi connectivity index (χ0) is 19.4. The first-order chi connectivity index (χ1) is 13.0. The zero-order valence-corrected chi connectivity index (χ0v) is 18.2. The lowest BCUT2D eigenvalue weighted by molar-refractivity contribution is -0.113. The number of nitrogens with zero attached hydrogens (tertiary/aromatic N) is 3. The zero-order valence-electron chi connectivity index (χ0n) is 14.2. The summed E-state index contributed by atoms with van der Waals surface area (Å²) in [4.78, 5) is 12.2. The summed E-state index contributed by atoms with van der Waals surface area (Å²) in [5.41, 5.74) is 1.57. The molecule has 1 heterocycles. The lowest BCUT2D eigenvalue weighted by atomic mass is 10.2. The summed E-state index contributed by atoms with van der Waals surface area (Å²) < 4.78 is 2.99. The second-order valence-corrected chi connectivity index (χ2v) is 8.20. The number of anilines is 1. The molecule has 9 heteroatoms. The van der Waals surface area contributed by atoms with Crippen LogP contribution in [0.15, 0.2) is 52.1 Å². The van der Waals surface area contributed by atoms with Gasteiger partial charge in [-0.05, 0) is 37.3 Å². The maximum absolute atomic E-state index is 12.2. The maximum atomic E-state index is 12.2. The molecule has 0 saturated carbocycles. The quantitative estimate of drug-likeness (QED) is 0.450. The number of amides is 1. The number of hydrogen-bond acceptors (Lipinski definition) is 4. The Kier molecular flexibility index (Phi) is 6.81. The fourth-order valence-electron chi connectivity index (χ4n) is 2.39. The number of thioether (sulfide) groups is 1. The molecule has 0 bridgehead atoms. The molecule has 0 unspecified atom stereocenters. The van der Waals surface area contributed by atoms with E-state index in [1.807, 2.05) is 35.8 Å². The molecule has 3 rings (SSSR count). The second-order valence-electron chi connectivity index (χ2n) is 5.52. The summed E-state index contributed by atoms with van der Waals surface area (Å²) >= 11 is 16.6. The van der Waals surface area contributed by atoms with Crippen LogP contribution < -0.4 is 5.32 Å². The van der Waals surface area contributed by atoms with Crippen LogP contribution >= 0.6 is 50.9 Å². The lowest BCUT2D eigenvalue weighted by Crippen LogP contribution is -2.14. The minimum atomic E-state index is -0.158. The topological polar surface area (TPSA) is 59.8 Å². The monoisotopic (exact) mass is 484 g/mol. The number of hydrogen-bond donors (Lipinski definition) is 1. The molecule has 5 nitrogen and oxygen atoms in total. The van der Waals surface area contributed by atoms with Crippen molar-refractivity contribution in [1.82, 2.24) is 14.8 Å². The van der Waals surface area contributed by atoms with Gasteiger partial charge in [0.15, 0.2) is 11.0 Å². The highest BCUT2D eigenvalue weighted by Crippen LogP contribution is 2.27. The molecule has 1 amide bonds. The Labute approximate surface area is 179 Å². The Morgan fingerprint density at radius 3 is 2.56 bits per heavy atom. The number of carbonyl (C=O) groups is 1. The molecule has 0 saturated heterocycles. The Bertz CT molecular complexity index is 962. The summed E-state index contributed by atoms with van der Waals surface area (Å²) in [6.45, 7) is 2.72. The van der Waals surface area contributed by atoms with E-state index in [1.54, 1.807) is 18.2 Å². The average Bonchev–Trinajstić information content (AvgIpc) is 3.06. The van der Waals surface area contributed by atoms with Crippen LogP contribution in [0.25, 0.3) is 11.4 Å². The molecular weight excluding hydrogens is 471 g/mol. The molecule has 0 atom stereocenters. The van der Waals surface area contributed by atoms with Gasteiger partial charge in [0.05, 0.1) is 15.8 Å². The van der Waals surface area contributed by atoms with Gasteiger partial charge in [-0.1, -0.05) is 63.0 Å². The molecule has 1 N–H and O–H groups in total. The SMILES string of the molecule is CCn1c(SCC(=O)Nc2ccc(Cl)c(Cl)c2)nnc1-c1ccc(Br)cc1. The smallest absolute Gasteiger partial charge is 0.234 e. The van der Waals surface area contributed by atoms with E-state index < -0.39 is 0 Å². The van der Waals surface area contributed by atoms with Crippen LogP contribution in [0.3, 0.4) is 0 Å². The van der Waals surface area contributed by atoms with Crippen LogP contribution in [0.1, 0.15) is 6.92 Å². The van der Waals surface area contributed by atoms with Gasteiger partial charge in [-0.25, -0.2) is 0 Å². The van der Waals surface area contributed by atoms with Crippen LogP contribution in [0, 0.1) is 0 Å². The van der Waals surface area contributed by atoms with Gasteiger partial charge in [-0.2, -0.15) is 0 Å². The Morgan fingerprint density at radius 2 is 1.89 bits per heavy atom. The summed E-state index contributed by atoms with van der Waals surface area (Å²) in [6, 6.07) is 12.8. The minimum Gasteiger partial charge on any atom is -0.325 e. The highest BCUT2D eigenvalue weighted by Gasteiger charge is 2.15. The number of benzene rings is 2. The third kappa shape index (κ3) is 5.04. The van der Waals surface area contributed by atoms with E-state index in [0.717, 1.165) is 15.9 Å². The predicted octanol–water partition coefficient (Wildman–Crippen LogP) is 5.77. The van der Waals surface area contributed by atoms with Gasteiger partial charge in [-0.15, -0.1) is 10.2 Å². The van der Waals surface area contributed by atoms with Crippen molar-refractivity contribution in [2.45, 2.75) is 18.6 Å². The Hall–Kier alpha value is -1.54. The van der Waals surface area contributed by atoms with Gasteiger partial charge in [0.2, 0.25) is 5.91 Å². The minimum absolute atomic E-state index is 0.158. The van der Waals surface area contributed by atoms with Crippen molar-refractivity contribution in [3.63, 3.8) is 0 Å². The fourth-order valence-corrected chi connectivity index (χ4v) is 3.76. The standard InChI is InChI=1S/C18H15BrCl2N4OS/c1-2-25-17(11-3-5-12(19)6-4-11)23-24-18(25)27-10-16(26)22-13-7-8-14(20)15(21)9-13/h3-9H,2,10H2,1H3,(H,22,26). The van der Waals surface area contributed by atoms with Crippen LogP contribution in [0.2, 0.25) is 10.0 Å². The van der Waals surface area contributed by atoms with Gasteiger partial charge in [0.1, 0.15) is 0 Å². The van der Waals surface area contributed by atoms with Crippen molar-refractivity contribution in [1.29, 1.82) is 0 Å². The van der Waals surface area contributed by atoms with E-state index in [-0.39, 0.29) is 11.7 Å². The van der Waals surface area contributed by atoms with Crippen LogP contribution in [-0.4, -0.2) is 26.4 Å². The van der Waals surface area contributed by atoms with E-state index in [4.69, 9.17) is 23.2 Å². The van der Waals surface area contributed by atoms with Gasteiger partial charge in [0, 0.05) is 22.3 Å². The van der Waals surface area contributed by atoms with Crippen molar-refractivity contribution in [3.05, 3.63) is 57.0 Å². The van der Waals surface area contributed by atoms with E-state index >= 15 is 0 Å². The maximum Gasteiger partial charge on any atom is 0.234 e. The third-order valence-corrected chi connectivity index (χ3v) is 5.91. The number of carbonyl (C=O) groups excluding carboxylic acids is 1. The summed E-state index contributed by atoms with van der Waals surface area (Å²) in [7, 11) is 0. The summed E-state index contributed by atoms with van der Waals surface area (Å²) in [5.74, 6) is 0.824. The van der Waals surface area contributed by atoms with Crippen LogP contribution in [0.5, 0.6) is 0 Å². The molecule has 27 heavy (non-hydrogen) atoms. The fraction of sp³-hybridized carbons (Fsp3) is 0.167. The molecule has 0 aliphatic carbocycles. The molecule has 0 spiro atoms. The van der Waals surface area contributed by atoms with Gasteiger partial charge in [0.25, 0.3) is 0 Å². The predicted molar refractivity (Wildman–Crippen MR) is 115 cm³/mol. The van der Waals surface area contributed by atoms with Gasteiger partial charge >= 0.3 is 0 Å². The molecule has 3 aromatic rings. The van der Waals surface area contributed by atoms with E-state index in [2.05, 4.69) is 31.4 Å². The van der Waals surface area contributed by atoms with Gasteiger partial charge < -0.3 is 9.88 Å². The molecule has 0 fully saturated rings. The molecular formula is C18H15BrCl2N4OS. The molecule has 2 aromatic carbocycles. The lowest BCUT2D eigenvalue weighted by Gasteiger charge is -2.08. The summed E-state index contributed by atoms with van der Waals surface area (Å²) in [6.07, 6.45) is 0. The first kappa shape index (κ1) is 20.2. The van der Waals surface area contributed by atoms with Crippen molar-refractivity contribution in [2.75, 3.05) is 11.1 Å². The molecule has 1 aromatic heterocycles. The number of nitrogens with one attached hydrogen (secondary N) is 1. The second kappa shape index (κ2) is 9.10. The highest BCUT2D eigenvalue weighted by atomic mass is 79.9. The first-order valence-electron chi connectivity index (χ1n) is 8.04. The van der Waals surface area contributed by atoms with Crippen molar-refractivity contribution < 1.29 is 4.79 Å². The molecule has 0 aliphatic rings. The first-order valence-corrected chi connectivity index (χ1v) is 10.6. The summed E-state index contributed by atoms with van der Waals surface area (Å²) in [5, 5.41) is 12.9. The van der Waals surface area contributed by atoms with Crippen molar-refractivity contribution >= 4 is 62.5 Å². The third-order valence-electron chi connectivity index (χ3n) is 3.67. The Balaban J connectivity index is 1.68. The number of halogens is 3. The van der Waals surface area contributed by atoms with Crippen molar-refractivity contribution in [2.24, 2.45) is 0 Å². The molecule has 0 radical (unpaired) electrons. The normalized spacial score (nSPS) is 10.8. The van der Waals surface area contributed by atoms with Crippen molar-refractivity contribution in [3.8, 4) is 11.4 Å². The van der Waals surface area contributed by atoms with E-state index in [0.29, 0.717) is 27.4 Å². The van der Waals surface area contributed by atoms with E-state index in [1.165, 1.54) is 11.8 Å². The van der Waals surface area contributed by atoms with E-state index in [9.17, 15) is 4.79 Å². The number of aromatic nitrogens is 3. The largest absolute Gasteiger partial charge is 0.325 e. The average molecular weight is 486 g/mol. The Morgan fingerprint density at radius 1 is 1.15 bits per heavy atom. The van der Waals surface area contributed by atoms with Crippen LogP contribution in [0.4, 0.5) is 5.69 Å². The highest BCUT2D eigenvalue weighted by molar-refractivity contribution is 9.10. The van der Waals surface area contributed by atoms with Gasteiger partial charge in [-0.3, -0.25) is 4.79 Å². The molecule has 140 valence electrons. The molecule has 0 aliphatic heterocycles. The van der Waals surface area contributed by atoms with Crippen LogP contribution in [-0.2, 0) is 11.3 Å².